The van der Waals surface area contributed by atoms with Gasteiger partial charge in [0.05, 0.1) is 19.8 Å². The van der Waals surface area contributed by atoms with Gasteiger partial charge >= 0.3 is 0 Å². The summed E-state index contributed by atoms with van der Waals surface area (Å²) in [6, 6.07) is 14.1. The second kappa shape index (κ2) is 10.8. The lowest BCUT2D eigenvalue weighted by atomic mass is 9.95. The Kier molecular flexibility index (Phi) is 7.62. The van der Waals surface area contributed by atoms with Crippen LogP contribution in [-0.4, -0.2) is 62.7 Å². The maximum absolute atomic E-state index is 12.8. The number of hydrogen-bond acceptors (Lipinski definition) is 5. The van der Waals surface area contributed by atoms with Crippen molar-refractivity contribution < 1.29 is 14.3 Å². The Bertz CT molecular complexity index is 942. The fourth-order valence-electron chi connectivity index (χ4n) is 4.63. The van der Waals surface area contributed by atoms with Crippen LogP contribution in [0.3, 0.4) is 0 Å². The summed E-state index contributed by atoms with van der Waals surface area (Å²) in [4.78, 5) is 29.6. The van der Waals surface area contributed by atoms with Crippen LogP contribution in [-0.2, 0) is 14.3 Å². The van der Waals surface area contributed by atoms with E-state index >= 15 is 0 Å². The molecule has 0 unspecified atom stereocenters. The predicted octanol–water partition coefficient (Wildman–Crippen LogP) is 3.43. The van der Waals surface area contributed by atoms with Gasteiger partial charge in [0.25, 0.3) is 0 Å². The van der Waals surface area contributed by atoms with Crippen molar-refractivity contribution in [2.45, 2.75) is 26.7 Å². The Morgan fingerprint density at radius 3 is 2.15 bits per heavy atom. The van der Waals surface area contributed by atoms with E-state index in [1.807, 2.05) is 38.1 Å². The zero-order valence-electron chi connectivity index (χ0n) is 19.6. The topological polar surface area (TPSA) is 73.9 Å². The van der Waals surface area contributed by atoms with Crippen molar-refractivity contribution in [2.24, 2.45) is 5.92 Å². The van der Waals surface area contributed by atoms with Gasteiger partial charge in [-0.25, -0.2) is 0 Å². The van der Waals surface area contributed by atoms with E-state index in [0.29, 0.717) is 6.54 Å². The van der Waals surface area contributed by atoms with Crippen LogP contribution < -0.4 is 15.5 Å². The molecule has 2 aliphatic heterocycles. The lowest BCUT2D eigenvalue weighted by Gasteiger charge is -2.31. The third kappa shape index (κ3) is 6.55. The first kappa shape index (κ1) is 23.3. The number of morpholine rings is 1. The predicted molar refractivity (Wildman–Crippen MR) is 132 cm³/mol. The minimum absolute atomic E-state index is 0.0109. The van der Waals surface area contributed by atoms with E-state index < -0.39 is 0 Å². The van der Waals surface area contributed by atoms with Crippen LogP contribution in [0.25, 0.3) is 0 Å². The molecule has 176 valence electrons. The molecule has 0 aliphatic carbocycles. The van der Waals surface area contributed by atoms with Crippen LogP contribution in [0.5, 0.6) is 0 Å². The summed E-state index contributed by atoms with van der Waals surface area (Å²) in [5.74, 6) is 0.0272. The zero-order valence-corrected chi connectivity index (χ0v) is 19.6. The molecule has 4 rings (SSSR count). The second-order valence-corrected chi connectivity index (χ2v) is 9.11. The molecule has 0 saturated carbocycles. The molecule has 0 bridgehead atoms. The van der Waals surface area contributed by atoms with Crippen molar-refractivity contribution in [3.05, 3.63) is 53.6 Å². The minimum atomic E-state index is -0.0253. The first-order chi connectivity index (χ1) is 16.0. The first-order valence-electron chi connectivity index (χ1n) is 11.8. The van der Waals surface area contributed by atoms with E-state index in [9.17, 15) is 9.59 Å². The lowest BCUT2D eigenvalue weighted by molar-refractivity contribution is -0.121. The number of nitrogens with one attached hydrogen (secondary N) is 2. The fourth-order valence-corrected chi connectivity index (χ4v) is 4.63. The van der Waals surface area contributed by atoms with Gasteiger partial charge < -0.3 is 20.3 Å². The molecule has 7 heteroatoms. The molecule has 2 saturated heterocycles. The molecule has 2 N–H and O–H groups in total. The van der Waals surface area contributed by atoms with Crippen molar-refractivity contribution in [2.75, 3.05) is 61.5 Å². The van der Waals surface area contributed by atoms with Crippen molar-refractivity contribution in [3.63, 3.8) is 0 Å². The van der Waals surface area contributed by atoms with E-state index in [0.717, 1.165) is 80.4 Å². The number of benzene rings is 2. The summed E-state index contributed by atoms with van der Waals surface area (Å²) in [7, 11) is 0. The van der Waals surface area contributed by atoms with Gasteiger partial charge in [-0.2, -0.15) is 0 Å². The molecule has 7 nitrogen and oxygen atoms in total. The maximum atomic E-state index is 12.8. The number of carbonyl (C=O) groups excluding carboxylic acids is 2. The summed E-state index contributed by atoms with van der Waals surface area (Å²) in [6.07, 6.45) is 1.52. The molecule has 0 radical (unpaired) electrons. The number of anilines is 3. The highest BCUT2D eigenvalue weighted by Gasteiger charge is 2.26. The number of ether oxygens (including phenoxy) is 1. The Morgan fingerprint density at radius 2 is 1.52 bits per heavy atom. The van der Waals surface area contributed by atoms with Crippen LogP contribution in [0.1, 0.15) is 24.0 Å². The largest absolute Gasteiger partial charge is 0.378 e. The summed E-state index contributed by atoms with van der Waals surface area (Å²) >= 11 is 0. The molecule has 2 aromatic carbocycles. The van der Waals surface area contributed by atoms with Crippen LogP contribution in [0.4, 0.5) is 17.1 Å². The van der Waals surface area contributed by atoms with E-state index in [2.05, 4.69) is 38.6 Å². The smallest absolute Gasteiger partial charge is 0.238 e. The quantitative estimate of drug-likeness (QED) is 0.705. The van der Waals surface area contributed by atoms with Crippen LogP contribution in [0.15, 0.2) is 42.5 Å². The number of likely N-dealkylation sites (tertiary alicyclic amines) is 1. The molecular weight excluding hydrogens is 416 g/mol. The molecule has 2 amide bonds. The molecule has 2 aliphatic rings. The summed E-state index contributed by atoms with van der Waals surface area (Å²) in [6.45, 7) is 9.19. The Labute approximate surface area is 196 Å². The molecule has 0 spiro atoms. The summed E-state index contributed by atoms with van der Waals surface area (Å²) in [5.41, 5.74) is 5.09. The first-order valence-corrected chi connectivity index (χ1v) is 11.8. The Hall–Kier alpha value is -2.90. The maximum Gasteiger partial charge on any atom is 0.238 e. The number of piperidine rings is 1. The highest BCUT2D eigenvalue weighted by Crippen LogP contribution is 2.22. The van der Waals surface area contributed by atoms with Gasteiger partial charge in [0.15, 0.2) is 0 Å². The average Bonchev–Trinajstić information content (AvgIpc) is 2.80. The highest BCUT2D eigenvalue weighted by molar-refractivity contribution is 5.93. The van der Waals surface area contributed by atoms with Gasteiger partial charge in [0.2, 0.25) is 11.8 Å². The fraction of sp³-hybridized carbons (Fsp3) is 0.462. The monoisotopic (exact) mass is 450 g/mol. The van der Waals surface area contributed by atoms with Gasteiger partial charge in [-0.3, -0.25) is 14.5 Å². The molecule has 2 fully saturated rings. The lowest BCUT2D eigenvalue weighted by Crippen LogP contribution is -2.41. The van der Waals surface area contributed by atoms with E-state index in [1.165, 1.54) is 0 Å². The van der Waals surface area contributed by atoms with Gasteiger partial charge in [-0.15, -0.1) is 0 Å². The number of aryl methyl sites for hydroxylation is 2. The Morgan fingerprint density at radius 1 is 0.879 bits per heavy atom. The standard InChI is InChI=1S/C26H34N4O3/c1-19-15-20(2)17-23(16-19)27-25(31)18-29-9-7-21(8-10-29)26(32)28-22-3-5-24(6-4-22)30-11-13-33-14-12-30/h3-6,15-17,21H,7-14,18H2,1-2H3,(H,27,31)(H,28,32). The van der Waals surface area contributed by atoms with Gasteiger partial charge in [-0.05, 0) is 87.3 Å². The van der Waals surface area contributed by atoms with Crippen molar-refractivity contribution in [3.8, 4) is 0 Å². The van der Waals surface area contributed by atoms with E-state index in [4.69, 9.17) is 4.74 Å². The zero-order chi connectivity index (χ0) is 23.2. The highest BCUT2D eigenvalue weighted by atomic mass is 16.5. The molecule has 33 heavy (non-hydrogen) atoms. The number of rotatable bonds is 6. The number of amides is 2. The Balaban J connectivity index is 1.21. The van der Waals surface area contributed by atoms with Crippen molar-refractivity contribution >= 4 is 28.9 Å². The van der Waals surface area contributed by atoms with Gasteiger partial charge in [0, 0.05) is 36.1 Å². The van der Waals surface area contributed by atoms with E-state index in [-0.39, 0.29) is 17.7 Å². The molecule has 2 heterocycles. The number of nitrogens with zero attached hydrogens (tertiary/aromatic N) is 2. The normalized spacial score (nSPS) is 17.6. The molecule has 0 aromatic heterocycles. The van der Waals surface area contributed by atoms with Crippen molar-refractivity contribution in [1.29, 1.82) is 0 Å². The summed E-state index contributed by atoms with van der Waals surface area (Å²) in [5, 5.41) is 6.06. The number of hydrogen-bond donors (Lipinski definition) is 2. The second-order valence-electron chi connectivity index (χ2n) is 9.11. The number of carbonyl (C=O) groups is 2. The van der Waals surface area contributed by atoms with Gasteiger partial charge in [-0.1, -0.05) is 6.07 Å². The van der Waals surface area contributed by atoms with Crippen LogP contribution in [0, 0.1) is 19.8 Å². The van der Waals surface area contributed by atoms with Crippen LogP contribution in [0.2, 0.25) is 0 Å². The molecule has 0 atom stereocenters. The van der Waals surface area contributed by atoms with Crippen LogP contribution >= 0.6 is 0 Å². The van der Waals surface area contributed by atoms with Crippen molar-refractivity contribution in [1.82, 2.24) is 4.90 Å². The molecular formula is C26H34N4O3. The third-order valence-corrected chi connectivity index (χ3v) is 6.34. The minimum Gasteiger partial charge on any atom is -0.378 e. The molecule has 2 aromatic rings. The SMILES string of the molecule is Cc1cc(C)cc(NC(=O)CN2CCC(C(=O)Nc3ccc(N4CCOCC4)cc3)CC2)c1. The third-order valence-electron chi connectivity index (χ3n) is 6.34. The van der Waals surface area contributed by atoms with E-state index in [1.54, 1.807) is 0 Å². The summed E-state index contributed by atoms with van der Waals surface area (Å²) < 4.78 is 5.40. The average molecular weight is 451 g/mol. The van der Waals surface area contributed by atoms with Gasteiger partial charge in [0.1, 0.15) is 0 Å².